The summed E-state index contributed by atoms with van der Waals surface area (Å²) in [6, 6.07) is 13.5. The molecule has 2 saturated heterocycles. The Bertz CT molecular complexity index is 1380. The van der Waals surface area contributed by atoms with E-state index in [1.165, 1.54) is 17.0 Å². The number of aromatic nitrogens is 4. The minimum atomic E-state index is -1.10. The van der Waals surface area contributed by atoms with Gasteiger partial charge in [-0.15, -0.1) is 0 Å². The third-order valence-corrected chi connectivity index (χ3v) is 9.07. The predicted octanol–water partition coefficient (Wildman–Crippen LogP) is 2.41. The third-order valence-electron chi connectivity index (χ3n) is 9.07. The molecule has 0 radical (unpaired) electrons. The van der Waals surface area contributed by atoms with Gasteiger partial charge < -0.3 is 20.2 Å². The first kappa shape index (κ1) is 25.8. The van der Waals surface area contributed by atoms with Crippen molar-refractivity contribution in [2.45, 2.75) is 50.3 Å². The Morgan fingerprint density at radius 2 is 1.90 bits per heavy atom. The normalized spacial score (nSPS) is 24.8. The molecule has 2 atom stereocenters. The van der Waals surface area contributed by atoms with Crippen LogP contribution in [0.5, 0.6) is 0 Å². The molecule has 3 aromatic rings. The van der Waals surface area contributed by atoms with E-state index in [1.54, 1.807) is 4.68 Å². The largest absolute Gasteiger partial charge is 0.387 e. The van der Waals surface area contributed by atoms with Gasteiger partial charge in [0.05, 0.1) is 30.2 Å². The Balaban J connectivity index is 1.22. The van der Waals surface area contributed by atoms with Gasteiger partial charge in [-0.1, -0.05) is 43.2 Å². The van der Waals surface area contributed by atoms with E-state index in [0.29, 0.717) is 37.4 Å². The summed E-state index contributed by atoms with van der Waals surface area (Å²) in [4.78, 5) is 35.4. The molecule has 206 valence electrons. The molecule has 3 aliphatic rings. The first-order valence-corrected chi connectivity index (χ1v) is 14.0. The number of urea groups is 1. The Labute approximate surface area is 228 Å². The second-order valence-electron chi connectivity index (χ2n) is 11.4. The van der Waals surface area contributed by atoms with Gasteiger partial charge in [-0.25, -0.2) is 9.78 Å². The highest BCUT2D eigenvalue weighted by Gasteiger charge is 2.56. The van der Waals surface area contributed by atoms with Crippen molar-refractivity contribution in [3.63, 3.8) is 0 Å². The van der Waals surface area contributed by atoms with E-state index in [2.05, 4.69) is 27.5 Å². The Hall–Kier alpha value is -3.50. The number of carbonyl (C=O) groups excluding carboxylic acids is 1. The average molecular weight is 532 g/mol. The van der Waals surface area contributed by atoms with E-state index in [0.717, 1.165) is 44.3 Å². The highest BCUT2D eigenvalue weighted by atomic mass is 16.3. The van der Waals surface area contributed by atoms with E-state index in [4.69, 9.17) is 0 Å². The molecule has 39 heavy (non-hydrogen) atoms. The summed E-state index contributed by atoms with van der Waals surface area (Å²) in [6.07, 6.45) is 7.46. The number of piperidine rings is 1. The van der Waals surface area contributed by atoms with Gasteiger partial charge in [-0.05, 0) is 30.9 Å². The number of nitrogens with zero attached hydrogens (tertiary/aromatic N) is 6. The molecule has 1 saturated carbocycles. The Morgan fingerprint density at radius 3 is 2.62 bits per heavy atom. The van der Waals surface area contributed by atoms with Crippen LogP contribution in [0.4, 0.5) is 4.79 Å². The van der Waals surface area contributed by atoms with Crippen LogP contribution in [-0.2, 0) is 13.6 Å². The fourth-order valence-electron chi connectivity index (χ4n) is 6.87. The quantitative estimate of drug-likeness (QED) is 0.535. The maximum absolute atomic E-state index is 13.9. The molecule has 2 aliphatic heterocycles. The molecular weight excluding hydrogens is 494 g/mol. The van der Waals surface area contributed by atoms with Crippen molar-refractivity contribution in [2.75, 3.05) is 32.7 Å². The van der Waals surface area contributed by atoms with Crippen molar-refractivity contribution in [3.8, 4) is 11.4 Å². The zero-order chi connectivity index (χ0) is 27.0. The number of aliphatic hydroxyl groups is 1. The second-order valence-corrected chi connectivity index (χ2v) is 11.4. The molecule has 0 bridgehead atoms. The average Bonchev–Trinajstić information content (AvgIpc) is 3.62. The molecule has 4 heterocycles. The summed E-state index contributed by atoms with van der Waals surface area (Å²) in [5.41, 5.74) is 0.530. The van der Waals surface area contributed by atoms with Crippen LogP contribution < -0.4 is 10.9 Å². The minimum Gasteiger partial charge on any atom is -0.387 e. The molecular formula is C29H37N7O3. The molecule has 6 rings (SSSR count). The fraction of sp³-hybridized carbons (Fsp3) is 0.517. The number of nitrogens with one attached hydrogen (secondary N) is 1. The maximum Gasteiger partial charge on any atom is 0.320 e. The lowest BCUT2D eigenvalue weighted by Gasteiger charge is -2.53. The Kier molecular flexibility index (Phi) is 6.76. The summed E-state index contributed by atoms with van der Waals surface area (Å²) in [5, 5.41) is 19.9. The number of rotatable bonds is 4. The van der Waals surface area contributed by atoms with Crippen LogP contribution >= 0.6 is 0 Å². The second kappa shape index (κ2) is 10.2. The number of amides is 2. The lowest BCUT2D eigenvalue weighted by molar-refractivity contribution is -0.137. The van der Waals surface area contributed by atoms with Crippen LogP contribution in [0.3, 0.4) is 0 Å². The highest BCUT2D eigenvalue weighted by molar-refractivity contribution is 5.75. The van der Waals surface area contributed by atoms with Crippen LogP contribution in [-0.4, -0.2) is 78.6 Å². The Morgan fingerprint density at radius 1 is 1.10 bits per heavy atom. The minimum absolute atomic E-state index is 0.0185. The van der Waals surface area contributed by atoms with E-state index in [-0.39, 0.29) is 24.2 Å². The summed E-state index contributed by atoms with van der Waals surface area (Å²) >= 11 is 0. The van der Waals surface area contributed by atoms with Gasteiger partial charge >= 0.3 is 6.03 Å². The van der Waals surface area contributed by atoms with Gasteiger partial charge in [0.2, 0.25) is 0 Å². The van der Waals surface area contributed by atoms with Gasteiger partial charge in [0.25, 0.3) is 5.56 Å². The standard InChI is InChI=1S/C29H37N7O3/c1-33-14-9-23(32-33)24-17-26(37)35(21-31-24)20-29(39)12-15-34(19-28(29)10-5-6-11-28)27(38)36-16-13-30-18-25(36)22-7-3-2-4-8-22/h2-4,7-9,14,17,21,25,30,39H,5-6,10-13,15-16,18-20H2,1H3/t25-,29+/m0/s1. The summed E-state index contributed by atoms with van der Waals surface area (Å²) in [7, 11) is 1.82. The fourth-order valence-corrected chi connectivity index (χ4v) is 6.87. The summed E-state index contributed by atoms with van der Waals surface area (Å²) in [5.74, 6) is 0. The first-order chi connectivity index (χ1) is 18.9. The maximum atomic E-state index is 13.9. The number of hydrogen-bond donors (Lipinski definition) is 2. The first-order valence-electron chi connectivity index (χ1n) is 14.0. The zero-order valence-corrected chi connectivity index (χ0v) is 22.5. The molecule has 2 aromatic heterocycles. The van der Waals surface area contributed by atoms with Crippen molar-refractivity contribution in [1.29, 1.82) is 0 Å². The summed E-state index contributed by atoms with van der Waals surface area (Å²) in [6.45, 7) is 3.27. The molecule has 1 aliphatic carbocycles. The number of carbonyl (C=O) groups is 1. The molecule has 2 amide bonds. The van der Waals surface area contributed by atoms with Gasteiger partial charge in [-0.3, -0.25) is 14.0 Å². The molecule has 10 heteroatoms. The monoisotopic (exact) mass is 531 g/mol. The molecule has 3 fully saturated rings. The van der Waals surface area contributed by atoms with Crippen LogP contribution in [0.2, 0.25) is 0 Å². The van der Waals surface area contributed by atoms with E-state index in [1.807, 2.05) is 47.3 Å². The molecule has 0 unspecified atom stereocenters. The van der Waals surface area contributed by atoms with Gasteiger partial charge in [0.15, 0.2) is 0 Å². The van der Waals surface area contributed by atoms with Crippen LogP contribution in [0.25, 0.3) is 11.4 Å². The number of hydrogen-bond acceptors (Lipinski definition) is 6. The summed E-state index contributed by atoms with van der Waals surface area (Å²) < 4.78 is 3.19. The number of piperazine rings is 1. The highest BCUT2D eigenvalue weighted by Crippen LogP contribution is 2.51. The van der Waals surface area contributed by atoms with Crippen molar-refractivity contribution >= 4 is 6.03 Å². The lowest BCUT2D eigenvalue weighted by atomic mass is 9.66. The third kappa shape index (κ3) is 4.76. The lowest BCUT2D eigenvalue weighted by Crippen LogP contribution is -2.64. The van der Waals surface area contributed by atoms with E-state index >= 15 is 0 Å². The topological polar surface area (TPSA) is 109 Å². The van der Waals surface area contributed by atoms with Crippen LogP contribution in [0, 0.1) is 5.41 Å². The van der Waals surface area contributed by atoms with Gasteiger partial charge in [0.1, 0.15) is 5.69 Å². The molecule has 1 aromatic carbocycles. The van der Waals surface area contributed by atoms with Crippen molar-refractivity contribution < 1.29 is 9.90 Å². The van der Waals surface area contributed by atoms with Crippen LogP contribution in [0.1, 0.15) is 43.7 Å². The van der Waals surface area contributed by atoms with Crippen molar-refractivity contribution in [3.05, 3.63) is 70.9 Å². The van der Waals surface area contributed by atoms with Gasteiger partial charge in [0, 0.05) is 57.4 Å². The van der Waals surface area contributed by atoms with Gasteiger partial charge in [-0.2, -0.15) is 5.10 Å². The predicted molar refractivity (Wildman–Crippen MR) is 147 cm³/mol. The molecule has 10 nitrogen and oxygen atoms in total. The molecule has 2 N–H and O–H groups in total. The van der Waals surface area contributed by atoms with Crippen molar-refractivity contribution in [2.24, 2.45) is 12.5 Å². The van der Waals surface area contributed by atoms with E-state index in [9.17, 15) is 14.7 Å². The van der Waals surface area contributed by atoms with Crippen LogP contribution in [0.15, 0.2) is 59.8 Å². The number of likely N-dealkylation sites (tertiary alicyclic amines) is 1. The zero-order valence-electron chi connectivity index (χ0n) is 22.5. The van der Waals surface area contributed by atoms with Crippen molar-refractivity contribution in [1.82, 2.24) is 34.4 Å². The SMILES string of the molecule is Cn1ccc(-c2cc(=O)n(C[C@]3(O)CCN(C(=O)N4CCNC[C@H]4c4ccccc4)CC34CCCC4)cn2)n1. The number of benzene rings is 1. The smallest absolute Gasteiger partial charge is 0.320 e. The molecule has 1 spiro atoms. The van der Waals surface area contributed by atoms with E-state index < -0.39 is 11.0 Å². The number of aryl methyl sites for hydroxylation is 1.